The highest BCUT2D eigenvalue weighted by Crippen LogP contribution is 2.24. The standard InChI is InChI=1S/C19H19ClO/c1-3-17(20)13-19(18-12-8-7-9-15(18)2)21-14-16-10-5-4-6-11-16/h3-13H,14H2,1-2H3/b17-3?,19-13+. The summed E-state index contributed by atoms with van der Waals surface area (Å²) in [5.74, 6) is 0.792. The highest BCUT2D eigenvalue weighted by atomic mass is 35.5. The van der Waals surface area contributed by atoms with Gasteiger partial charge in [0, 0.05) is 10.6 Å². The molecule has 108 valence electrons. The Bertz CT molecular complexity index is 642. The smallest absolute Gasteiger partial charge is 0.128 e. The Morgan fingerprint density at radius 2 is 1.71 bits per heavy atom. The van der Waals surface area contributed by atoms with E-state index in [2.05, 4.69) is 13.0 Å². The van der Waals surface area contributed by atoms with Crippen molar-refractivity contribution >= 4 is 17.4 Å². The summed E-state index contributed by atoms with van der Waals surface area (Å²) in [4.78, 5) is 0. The molecule has 0 radical (unpaired) electrons. The fourth-order valence-corrected chi connectivity index (χ4v) is 2.09. The van der Waals surface area contributed by atoms with Gasteiger partial charge in [0.05, 0.1) is 0 Å². The number of rotatable bonds is 5. The molecule has 2 aromatic rings. The lowest BCUT2D eigenvalue weighted by Crippen LogP contribution is -1.96. The third-order valence-corrected chi connectivity index (χ3v) is 3.52. The summed E-state index contributed by atoms with van der Waals surface area (Å²) in [6.07, 6.45) is 3.72. The zero-order chi connectivity index (χ0) is 15.1. The van der Waals surface area contributed by atoms with Gasteiger partial charge in [0.1, 0.15) is 12.4 Å². The van der Waals surface area contributed by atoms with Gasteiger partial charge in [-0.05, 0) is 31.1 Å². The summed E-state index contributed by atoms with van der Waals surface area (Å²) >= 11 is 6.15. The molecule has 0 aromatic heterocycles. The van der Waals surface area contributed by atoms with Gasteiger partial charge < -0.3 is 4.74 Å². The molecule has 1 nitrogen and oxygen atoms in total. The van der Waals surface area contributed by atoms with Crippen molar-refractivity contribution in [1.82, 2.24) is 0 Å². The summed E-state index contributed by atoms with van der Waals surface area (Å²) in [6.45, 7) is 4.50. The van der Waals surface area contributed by atoms with E-state index in [-0.39, 0.29) is 0 Å². The van der Waals surface area contributed by atoms with Gasteiger partial charge in [-0.15, -0.1) is 0 Å². The zero-order valence-electron chi connectivity index (χ0n) is 12.3. The van der Waals surface area contributed by atoms with E-state index in [1.54, 1.807) is 0 Å². The lowest BCUT2D eigenvalue weighted by Gasteiger charge is -2.13. The highest BCUT2D eigenvalue weighted by Gasteiger charge is 2.07. The summed E-state index contributed by atoms with van der Waals surface area (Å²) in [6, 6.07) is 18.3. The second-order valence-corrected chi connectivity index (χ2v) is 5.21. The fraction of sp³-hybridized carbons (Fsp3) is 0.158. The molecule has 0 aliphatic rings. The topological polar surface area (TPSA) is 9.23 Å². The van der Waals surface area contributed by atoms with Crippen molar-refractivity contribution in [2.45, 2.75) is 20.5 Å². The minimum atomic E-state index is 0.523. The van der Waals surface area contributed by atoms with Gasteiger partial charge >= 0.3 is 0 Å². The van der Waals surface area contributed by atoms with Crippen molar-refractivity contribution < 1.29 is 4.74 Å². The maximum absolute atomic E-state index is 6.15. The van der Waals surface area contributed by atoms with Crippen LogP contribution in [-0.4, -0.2) is 0 Å². The average Bonchev–Trinajstić information content (AvgIpc) is 2.53. The largest absolute Gasteiger partial charge is 0.488 e. The molecule has 0 fully saturated rings. The maximum Gasteiger partial charge on any atom is 0.128 e. The number of aryl methyl sites for hydroxylation is 1. The van der Waals surface area contributed by atoms with Gasteiger partial charge in [-0.25, -0.2) is 0 Å². The van der Waals surface area contributed by atoms with E-state index in [4.69, 9.17) is 16.3 Å². The normalized spacial score (nSPS) is 12.3. The molecular weight excluding hydrogens is 280 g/mol. The SMILES string of the molecule is CC=C(Cl)/C=C(/OCc1ccccc1)c1ccccc1C. The predicted octanol–water partition coefficient (Wildman–Crippen LogP) is 5.70. The van der Waals surface area contributed by atoms with Crippen LogP contribution in [-0.2, 0) is 11.3 Å². The van der Waals surface area contributed by atoms with Crippen molar-refractivity contribution in [1.29, 1.82) is 0 Å². The first kappa shape index (κ1) is 15.4. The summed E-state index contributed by atoms with van der Waals surface area (Å²) in [5, 5.41) is 0.668. The van der Waals surface area contributed by atoms with Crippen LogP contribution < -0.4 is 0 Å². The molecule has 0 heterocycles. The first-order valence-corrected chi connectivity index (χ1v) is 7.34. The summed E-state index contributed by atoms with van der Waals surface area (Å²) < 4.78 is 6.00. The average molecular weight is 299 g/mol. The second kappa shape index (κ2) is 7.70. The molecule has 2 rings (SSSR count). The molecule has 21 heavy (non-hydrogen) atoms. The quantitative estimate of drug-likeness (QED) is 0.508. The van der Waals surface area contributed by atoms with Crippen LogP contribution in [0.3, 0.4) is 0 Å². The van der Waals surface area contributed by atoms with Crippen molar-refractivity contribution in [3.05, 3.63) is 88.5 Å². The van der Waals surface area contributed by atoms with Crippen LogP contribution in [0.5, 0.6) is 0 Å². The fourth-order valence-electron chi connectivity index (χ4n) is 1.99. The molecule has 0 amide bonds. The molecule has 0 aliphatic carbocycles. The van der Waals surface area contributed by atoms with Gasteiger partial charge in [-0.2, -0.15) is 0 Å². The molecule has 2 aromatic carbocycles. The van der Waals surface area contributed by atoms with E-state index < -0.39 is 0 Å². The maximum atomic E-state index is 6.15. The van der Waals surface area contributed by atoms with Gasteiger partial charge in [-0.1, -0.05) is 72.3 Å². The third kappa shape index (κ3) is 4.51. The van der Waals surface area contributed by atoms with E-state index >= 15 is 0 Å². The summed E-state index contributed by atoms with van der Waals surface area (Å²) in [7, 11) is 0. The number of allylic oxidation sites excluding steroid dienone is 3. The number of halogens is 1. The Labute approximate surface area is 131 Å². The minimum absolute atomic E-state index is 0.523. The highest BCUT2D eigenvalue weighted by molar-refractivity contribution is 6.31. The van der Waals surface area contributed by atoms with Crippen LogP contribution in [0.15, 0.2) is 71.8 Å². The van der Waals surface area contributed by atoms with Crippen molar-refractivity contribution in [3.8, 4) is 0 Å². The van der Waals surface area contributed by atoms with Crippen LogP contribution in [0.1, 0.15) is 23.6 Å². The van der Waals surface area contributed by atoms with Crippen LogP contribution in [0.25, 0.3) is 5.76 Å². The minimum Gasteiger partial charge on any atom is -0.488 e. The Morgan fingerprint density at radius 1 is 1.05 bits per heavy atom. The monoisotopic (exact) mass is 298 g/mol. The third-order valence-electron chi connectivity index (χ3n) is 3.19. The number of hydrogen-bond donors (Lipinski definition) is 0. The number of ether oxygens (including phenoxy) is 1. The molecule has 2 heteroatoms. The summed E-state index contributed by atoms with van der Waals surface area (Å²) in [5.41, 5.74) is 3.36. The molecular formula is C19H19ClO. The van der Waals surface area contributed by atoms with Crippen LogP contribution >= 0.6 is 11.6 Å². The molecule has 0 spiro atoms. The molecule has 0 bridgehead atoms. The van der Waals surface area contributed by atoms with Crippen LogP contribution in [0, 0.1) is 6.92 Å². The number of benzene rings is 2. The zero-order valence-corrected chi connectivity index (χ0v) is 13.1. The van der Waals surface area contributed by atoms with E-state index in [0.29, 0.717) is 11.6 Å². The van der Waals surface area contributed by atoms with E-state index in [0.717, 1.165) is 22.4 Å². The first-order valence-electron chi connectivity index (χ1n) is 6.97. The Hall–Kier alpha value is -1.99. The van der Waals surface area contributed by atoms with E-state index in [1.807, 2.05) is 67.6 Å². The Kier molecular flexibility index (Phi) is 5.65. The van der Waals surface area contributed by atoms with Crippen molar-refractivity contribution in [3.63, 3.8) is 0 Å². The lowest BCUT2D eigenvalue weighted by atomic mass is 10.1. The van der Waals surface area contributed by atoms with E-state index in [9.17, 15) is 0 Å². The Morgan fingerprint density at radius 3 is 2.38 bits per heavy atom. The number of hydrogen-bond acceptors (Lipinski definition) is 1. The van der Waals surface area contributed by atoms with Crippen LogP contribution in [0.2, 0.25) is 0 Å². The molecule has 0 saturated carbocycles. The van der Waals surface area contributed by atoms with E-state index in [1.165, 1.54) is 0 Å². The van der Waals surface area contributed by atoms with Crippen molar-refractivity contribution in [2.75, 3.05) is 0 Å². The van der Waals surface area contributed by atoms with Gasteiger partial charge in [0.2, 0.25) is 0 Å². The molecule has 0 N–H and O–H groups in total. The molecule has 0 atom stereocenters. The van der Waals surface area contributed by atoms with Crippen molar-refractivity contribution in [2.24, 2.45) is 0 Å². The second-order valence-electron chi connectivity index (χ2n) is 4.77. The molecule has 0 unspecified atom stereocenters. The van der Waals surface area contributed by atoms with Gasteiger partial charge in [0.25, 0.3) is 0 Å². The van der Waals surface area contributed by atoms with Gasteiger partial charge in [0.15, 0.2) is 0 Å². The Balaban J connectivity index is 2.26. The molecule has 0 saturated heterocycles. The predicted molar refractivity (Wildman–Crippen MR) is 90.0 cm³/mol. The van der Waals surface area contributed by atoms with Crippen LogP contribution in [0.4, 0.5) is 0 Å². The molecule has 0 aliphatic heterocycles. The first-order chi connectivity index (χ1) is 10.2. The van der Waals surface area contributed by atoms with Gasteiger partial charge in [-0.3, -0.25) is 0 Å². The lowest BCUT2D eigenvalue weighted by molar-refractivity contribution is 0.264.